The number of nitrogen functional groups attached to an aromatic ring is 1. The summed E-state index contributed by atoms with van der Waals surface area (Å²) in [5.74, 6) is 0.513. The molecule has 3 aromatic rings. The molecule has 0 radical (unpaired) electrons. The molecule has 0 spiro atoms. The highest BCUT2D eigenvalue weighted by Crippen LogP contribution is 2.26. The number of hydrogen-bond acceptors (Lipinski definition) is 4. The summed E-state index contributed by atoms with van der Waals surface area (Å²) in [5.41, 5.74) is 8.11. The average Bonchev–Trinajstić information content (AvgIpc) is 2.87. The number of aromatic nitrogens is 3. The molecule has 0 amide bonds. The molecule has 0 saturated heterocycles. The third kappa shape index (κ3) is 1.97. The van der Waals surface area contributed by atoms with Crippen molar-refractivity contribution in [1.29, 1.82) is 0 Å². The van der Waals surface area contributed by atoms with Crippen LogP contribution in [0.15, 0.2) is 30.5 Å². The number of fused-ring (bicyclic) bond motifs is 1. The lowest BCUT2D eigenvalue weighted by Gasteiger charge is -1.99. The standard InChI is InChI=1S/C13H14N4S/c1-2-3-9-4-6-10(7-5-9)12-16-17-8-11(14)15-13(17)18-12/h4-8H,2-3,14H2,1H3. The van der Waals surface area contributed by atoms with E-state index in [0.717, 1.165) is 22.0 Å². The molecule has 92 valence electrons. The van der Waals surface area contributed by atoms with Gasteiger partial charge in [-0.1, -0.05) is 48.9 Å². The Bertz CT molecular complexity index is 634. The van der Waals surface area contributed by atoms with Gasteiger partial charge in [-0.2, -0.15) is 5.10 Å². The van der Waals surface area contributed by atoms with Gasteiger partial charge < -0.3 is 5.73 Å². The van der Waals surface area contributed by atoms with E-state index in [2.05, 4.69) is 41.3 Å². The molecule has 0 fully saturated rings. The maximum Gasteiger partial charge on any atom is 0.214 e. The molecule has 0 atom stereocenters. The Labute approximate surface area is 109 Å². The monoisotopic (exact) mass is 258 g/mol. The molecule has 0 unspecified atom stereocenters. The van der Waals surface area contributed by atoms with E-state index >= 15 is 0 Å². The SMILES string of the molecule is CCCc1ccc(-c2nn3cc(N)nc3s2)cc1. The lowest BCUT2D eigenvalue weighted by molar-refractivity contribution is 0.922. The highest BCUT2D eigenvalue weighted by molar-refractivity contribution is 7.19. The van der Waals surface area contributed by atoms with Gasteiger partial charge in [0.05, 0.1) is 6.20 Å². The Kier molecular flexibility index (Phi) is 2.76. The smallest absolute Gasteiger partial charge is 0.214 e. The minimum atomic E-state index is 0.513. The number of nitrogens with zero attached hydrogens (tertiary/aromatic N) is 3. The molecule has 18 heavy (non-hydrogen) atoms. The molecule has 3 rings (SSSR count). The molecule has 5 heteroatoms. The van der Waals surface area contributed by atoms with Crippen LogP contribution in [0.5, 0.6) is 0 Å². The van der Waals surface area contributed by atoms with Crippen LogP contribution >= 0.6 is 11.3 Å². The van der Waals surface area contributed by atoms with Gasteiger partial charge in [-0.25, -0.2) is 9.50 Å². The topological polar surface area (TPSA) is 56.2 Å². The first-order valence-electron chi connectivity index (χ1n) is 5.97. The summed E-state index contributed by atoms with van der Waals surface area (Å²) in [6.07, 6.45) is 4.03. The van der Waals surface area contributed by atoms with Crippen molar-refractivity contribution in [1.82, 2.24) is 14.6 Å². The van der Waals surface area contributed by atoms with E-state index in [1.165, 1.54) is 12.0 Å². The maximum atomic E-state index is 5.61. The molecule has 0 aliphatic heterocycles. The van der Waals surface area contributed by atoms with E-state index < -0.39 is 0 Å². The minimum absolute atomic E-state index is 0.513. The molecule has 0 saturated carbocycles. The molecule has 2 N–H and O–H groups in total. The van der Waals surface area contributed by atoms with Gasteiger partial charge in [-0.3, -0.25) is 0 Å². The zero-order valence-electron chi connectivity index (χ0n) is 10.1. The fourth-order valence-corrected chi connectivity index (χ4v) is 2.83. The van der Waals surface area contributed by atoms with Gasteiger partial charge in [0.25, 0.3) is 0 Å². The number of rotatable bonds is 3. The van der Waals surface area contributed by atoms with Crippen molar-refractivity contribution in [2.45, 2.75) is 19.8 Å². The normalized spacial score (nSPS) is 11.2. The van der Waals surface area contributed by atoms with Crippen molar-refractivity contribution in [3.8, 4) is 10.6 Å². The molecule has 4 nitrogen and oxygen atoms in total. The fourth-order valence-electron chi connectivity index (χ4n) is 1.94. The Morgan fingerprint density at radius 2 is 2.06 bits per heavy atom. The predicted molar refractivity (Wildman–Crippen MR) is 74.7 cm³/mol. The quantitative estimate of drug-likeness (QED) is 0.785. The highest BCUT2D eigenvalue weighted by atomic mass is 32.1. The van der Waals surface area contributed by atoms with E-state index in [-0.39, 0.29) is 0 Å². The number of imidazole rings is 1. The van der Waals surface area contributed by atoms with Crippen LogP contribution in [0.2, 0.25) is 0 Å². The maximum absolute atomic E-state index is 5.61. The van der Waals surface area contributed by atoms with Gasteiger partial charge in [0.2, 0.25) is 4.96 Å². The third-order valence-electron chi connectivity index (χ3n) is 2.80. The van der Waals surface area contributed by atoms with Crippen LogP contribution < -0.4 is 5.73 Å². The molecule has 0 bridgehead atoms. The van der Waals surface area contributed by atoms with Gasteiger partial charge in [0.15, 0.2) is 0 Å². The van der Waals surface area contributed by atoms with E-state index in [4.69, 9.17) is 5.73 Å². The summed E-state index contributed by atoms with van der Waals surface area (Å²) < 4.78 is 1.73. The molecule has 0 aliphatic carbocycles. The second-order valence-electron chi connectivity index (χ2n) is 4.25. The lowest BCUT2D eigenvalue weighted by atomic mass is 10.1. The average molecular weight is 258 g/mol. The summed E-state index contributed by atoms with van der Waals surface area (Å²) in [7, 11) is 0. The summed E-state index contributed by atoms with van der Waals surface area (Å²) in [5, 5.41) is 5.44. The number of benzene rings is 1. The molecular weight excluding hydrogens is 244 g/mol. The summed E-state index contributed by atoms with van der Waals surface area (Å²) in [4.78, 5) is 5.04. The van der Waals surface area contributed by atoms with Crippen LogP contribution in [-0.4, -0.2) is 14.6 Å². The first kappa shape index (κ1) is 11.2. The minimum Gasteiger partial charge on any atom is -0.382 e. The first-order chi connectivity index (χ1) is 8.76. The van der Waals surface area contributed by atoms with Crippen LogP contribution in [0.4, 0.5) is 5.82 Å². The molecular formula is C13H14N4S. The van der Waals surface area contributed by atoms with E-state index in [9.17, 15) is 0 Å². The second-order valence-corrected chi connectivity index (χ2v) is 5.20. The van der Waals surface area contributed by atoms with E-state index in [0.29, 0.717) is 5.82 Å². The molecule has 2 heterocycles. The third-order valence-corrected chi connectivity index (χ3v) is 3.77. The largest absolute Gasteiger partial charge is 0.382 e. The van der Waals surface area contributed by atoms with Gasteiger partial charge in [0, 0.05) is 5.56 Å². The Hall–Kier alpha value is -1.88. The molecule has 1 aromatic carbocycles. The molecule has 2 aromatic heterocycles. The van der Waals surface area contributed by atoms with Crippen molar-refractivity contribution in [3.05, 3.63) is 36.0 Å². The van der Waals surface area contributed by atoms with Crippen molar-refractivity contribution in [2.75, 3.05) is 5.73 Å². The van der Waals surface area contributed by atoms with E-state index in [1.54, 1.807) is 22.0 Å². The number of aryl methyl sites for hydroxylation is 1. The van der Waals surface area contributed by atoms with E-state index in [1.807, 2.05) is 0 Å². The summed E-state index contributed by atoms with van der Waals surface area (Å²) in [6.45, 7) is 2.19. The van der Waals surface area contributed by atoms with Crippen molar-refractivity contribution in [3.63, 3.8) is 0 Å². The molecule has 0 aliphatic rings. The van der Waals surface area contributed by atoms with Gasteiger partial charge in [0.1, 0.15) is 10.8 Å². The van der Waals surface area contributed by atoms with Gasteiger partial charge >= 0.3 is 0 Å². The Morgan fingerprint density at radius 3 is 2.72 bits per heavy atom. The van der Waals surface area contributed by atoms with Crippen LogP contribution in [0.1, 0.15) is 18.9 Å². The predicted octanol–water partition coefficient (Wildman–Crippen LogP) is 2.99. The first-order valence-corrected chi connectivity index (χ1v) is 6.79. The highest BCUT2D eigenvalue weighted by Gasteiger charge is 2.08. The lowest BCUT2D eigenvalue weighted by Crippen LogP contribution is -1.86. The van der Waals surface area contributed by atoms with Gasteiger partial charge in [-0.15, -0.1) is 0 Å². The van der Waals surface area contributed by atoms with Crippen molar-refractivity contribution < 1.29 is 0 Å². The van der Waals surface area contributed by atoms with Crippen LogP contribution in [0, 0.1) is 0 Å². The zero-order chi connectivity index (χ0) is 12.5. The number of hydrogen-bond donors (Lipinski definition) is 1. The number of anilines is 1. The Morgan fingerprint density at radius 1 is 1.28 bits per heavy atom. The van der Waals surface area contributed by atoms with Crippen LogP contribution in [0.25, 0.3) is 15.5 Å². The van der Waals surface area contributed by atoms with Gasteiger partial charge in [-0.05, 0) is 12.0 Å². The van der Waals surface area contributed by atoms with Crippen LogP contribution in [-0.2, 0) is 6.42 Å². The van der Waals surface area contributed by atoms with Crippen LogP contribution in [0.3, 0.4) is 0 Å². The summed E-state index contributed by atoms with van der Waals surface area (Å²) >= 11 is 1.55. The fraction of sp³-hybridized carbons (Fsp3) is 0.231. The second kappa shape index (κ2) is 4.42. The zero-order valence-corrected chi connectivity index (χ0v) is 10.9. The van der Waals surface area contributed by atoms with Crippen molar-refractivity contribution in [2.24, 2.45) is 0 Å². The van der Waals surface area contributed by atoms with Crippen molar-refractivity contribution >= 4 is 22.1 Å². The summed E-state index contributed by atoms with van der Waals surface area (Å²) in [6, 6.07) is 8.56. The number of nitrogens with two attached hydrogens (primary N) is 1. The Balaban J connectivity index is 1.95.